The summed E-state index contributed by atoms with van der Waals surface area (Å²) in [6.45, 7) is 12.5. The molecule has 0 spiro atoms. The molecule has 0 amide bonds. The van der Waals surface area contributed by atoms with Crippen LogP contribution in [-0.2, 0) is 10.0 Å². The van der Waals surface area contributed by atoms with E-state index in [-0.39, 0.29) is 11.2 Å². The standard InChI is InChI=1S/C13H30N2O2S/c1-11(2)9-13(6,10-14)15-18(16,17)8-7-12(3,4)5/h11,15H,7-10,14H2,1-6H3. The van der Waals surface area contributed by atoms with Gasteiger partial charge < -0.3 is 5.73 Å². The molecule has 0 aromatic heterocycles. The smallest absolute Gasteiger partial charge is 0.212 e. The lowest BCUT2D eigenvalue weighted by Crippen LogP contribution is -2.52. The summed E-state index contributed by atoms with van der Waals surface area (Å²) in [5.41, 5.74) is 5.20. The highest BCUT2D eigenvalue weighted by Gasteiger charge is 2.29. The van der Waals surface area contributed by atoms with Gasteiger partial charge in [-0.3, -0.25) is 0 Å². The first-order valence-corrected chi connectivity index (χ1v) is 8.26. The zero-order valence-corrected chi connectivity index (χ0v) is 13.5. The molecule has 0 aliphatic heterocycles. The maximum absolute atomic E-state index is 12.1. The molecule has 5 heteroatoms. The van der Waals surface area contributed by atoms with Crippen LogP contribution in [0.25, 0.3) is 0 Å². The van der Waals surface area contributed by atoms with Gasteiger partial charge in [0, 0.05) is 12.1 Å². The zero-order valence-electron chi connectivity index (χ0n) is 12.7. The fourth-order valence-corrected chi connectivity index (χ4v) is 3.84. The van der Waals surface area contributed by atoms with Crippen molar-refractivity contribution in [2.24, 2.45) is 17.1 Å². The van der Waals surface area contributed by atoms with Gasteiger partial charge in [0.05, 0.1) is 5.75 Å². The molecule has 0 bridgehead atoms. The maximum atomic E-state index is 12.1. The Morgan fingerprint density at radius 2 is 1.67 bits per heavy atom. The molecule has 0 aromatic carbocycles. The molecule has 0 saturated heterocycles. The van der Waals surface area contributed by atoms with Gasteiger partial charge in [0.1, 0.15) is 0 Å². The van der Waals surface area contributed by atoms with E-state index in [2.05, 4.69) is 18.6 Å². The first-order valence-electron chi connectivity index (χ1n) is 6.61. The quantitative estimate of drug-likeness (QED) is 0.749. The average molecular weight is 278 g/mol. The van der Waals surface area contributed by atoms with Gasteiger partial charge in [-0.1, -0.05) is 34.6 Å². The SMILES string of the molecule is CC(C)CC(C)(CN)NS(=O)(=O)CCC(C)(C)C. The topological polar surface area (TPSA) is 72.2 Å². The van der Waals surface area contributed by atoms with Crippen LogP contribution in [0.1, 0.15) is 54.4 Å². The lowest BCUT2D eigenvalue weighted by Gasteiger charge is -2.31. The third kappa shape index (κ3) is 8.06. The second-order valence-electron chi connectivity index (χ2n) is 7.09. The van der Waals surface area contributed by atoms with Crippen molar-refractivity contribution < 1.29 is 8.42 Å². The van der Waals surface area contributed by atoms with E-state index in [1.165, 1.54) is 0 Å². The molecule has 0 rings (SSSR count). The molecule has 0 fully saturated rings. The van der Waals surface area contributed by atoms with E-state index in [4.69, 9.17) is 5.73 Å². The summed E-state index contributed by atoms with van der Waals surface area (Å²) in [4.78, 5) is 0. The van der Waals surface area contributed by atoms with Crippen molar-refractivity contribution >= 4 is 10.0 Å². The van der Waals surface area contributed by atoms with Crippen LogP contribution in [0.3, 0.4) is 0 Å². The molecule has 1 atom stereocenters. The fraction of sp³-hybridized carbons (Fsp3) is 1.00. The Morgan fingerprint density at radius 1 is 1.17 bits per heavy atom. The summed E-state index contributed by atoms with van der Waals surface area (Å²) in [7, 11) is -3.26. The van der Waals surface area contributed by atoms with Gasteiger partial charge in [0.2, 0.25) is 10.0 Å². The highest BCUT2D eigenvalue weighted by molar-refractivity contribution is 7.89. The summed E-state index contributed by atoms with van der Waals surface area (Å²) < 4.78 is 26.9. The molecular formula is C13H30N2O2S. The minimum absolute atomic E-state index is 0.0198. The van der Waals surface area contributed by atoms with Gasteiger partial charge in [-0.05, 0) is 31.1 Å². The second kappa shape index (κ2) is 6.35. The minimum atomic E-state index is -3.26. The van der Waals surface area contributed by atoms with E-state index in [0.29, 0.717) is 18.9 Å². The molecule has 18 heavy (non-hydrogen) atoms. The Kier molecular flexibility index (Phi) is 6.30. The summed E-state index contributed by atoms with van der Waals surface area (Å²) >= 11 is 0. The lowest BCUT2D eigenvalue weighted by atomic mass is 9.92. The van der Waals surface area contributed by atoms with Crippen molar-refractivity contribution in [1.29, 1.82) is 0 Å². The monoisotopic (exact) mass is 278 g/mol. The number of nitrogens with one attached hydrogen (secondary N) is 1. The van der Waals surface area contributed by atoms with Crippen LogP contribution in [0, 0.1) is 11.3 Å². The van der Waals surface area contributed by atoms with Gasteiger partial charge in [0.25, 0.3) is 0 Å². The van der Waals surface area contributed by atoms with Crippen LogP contribution in [0.2, 0.25) is 0 Å². The van der Waals surface area contributed by atoms with Crippen LogP contribution in [0.15, 0.2) is 0 Å². The van der Waals surface area contributed by atoms with Crippen LogP contribution in [0.4, 0.5) is 0 Å². The summed E-state index contributed by atoms with van der Waals surface area (Å²) in [5, 5.41) is 0. The van der Waals surface area contributed by atoms with Gasteiger partial charge >= 0.3 is 0 Å². The normalized spacial score (nSPS) is 16.9. The second-order valence-corrected chi connectivity index (χ2v) is 8.94. The van der Waals surface area contributed by atoms with E-state index in [1.807, 2.05) is 27.7 Å². The van der Waals surface area contributed by atoms with Crippen molar-refractivity contribution in [3.8, 4) is 0 Å². The molecule has 110 valence electrons. The van der Waals surface area contributed by atoms with E-state index in [9.17, 15) is 8.42 Å². The Balaban J connectivity index is 4.63. The van der Waals surface area contributed by atoms with Crippen LogP contribution >= 0.6 is 0 Å². The molecule has 4 nitrogen and oxygen atoms in total. The van der Waals surface area contributed by atoms with Crippen molar-refractivity contribution in [3.63, 3.8) is 0 Å². The number of hydrogen-bond donors (Lipinski definition) is 2. The summed E-state index contributed by atoms with van der Waals surface area (Å²) in [6, 6.07) is 0. The number of hydrogen-bond acceptors (Lipinski definition) is 3. The highest BCUT2D eigenvalue weighted by Crippen LogP contribution is 2.21. The van der Waals surface area contributed by atoms with E-state index < -0.39 is 15.6 Å². The van der Waals surface area contributed by atoms with Crippen LogP contribution in [-0.4, -0.2) is 26.3 Å². The number of sulfonamides is 1. The maximum Gasteiger partial charge on any atom is 0.212 e. The van der Waals surface area contributed by atoms with Crippen molar-refractivity contribution in [1.82, 2.24) is 4.72 Å². The Hall–Kier alpha value is -0.130. The molecule has 0 heterocycles. The predicted molar refractivity (Wildman–Crippen MR) is 77.9 cm³/mol. The van der Waals surface area contributed by atoms with Gasteiger partial charge in [-0.15, -0.1) is 0 Å². The Bertz CT molecular complexity index is 344. The predicted octanol–water partition coefficient (Wildman–Crippen LogP) is 2.11. The largest absolute Gasteiger partial charge is 0.329 e. The highest BCUT2D eigenvalue weighted by atomic mass is 32.2. The molecule has 0 aliphatic carbocycles. The Morgan fingerprint density at radius 3 is 2.00 bits per heavy atom. The number of rotatable bonds is 7. The van der Waals surface area contributed by atoms with E-state index in [0.717, 1.165) is 6.42 Å². The average Bonchev–Trinajstić information content (AvgIpc) is 2.12. The molecule has 0 aromatic rings. The zero-order chi connectivity index (χ0) is 14.6. The third-order valence-corrected chi connectivity index (χ3v) is 4.38. The summed E-state index contributed by atoms with van der Waals surface area (Å²) in [6.07, 6.45) is 1.39. The fourth-order valence-electron chi connectivity index (χ4n) is 1.93. The van der Waals surface area contributed by atoms with Crippen molar-refractivity contribution in [3.05, 3.63) is 0 Å². The van der Waals surface area contributed by atoms with Crippen LogP contribution < -0.4 is 10.5 Å². The van der Waals surface area contributed by atoms with Gasteiger partial charge in [-0.25, -0.2) is 13.1 Å². The van der Waals surface area contributed by atoms with E-state index in [1.54, 1.807) is 0 Å². The first kappa shape index (κ1) is 17.9. The van der Waals surface area contributed by atoms with E-state index >= 15 is 0 Å². The minimum Gasteiger partial charge on any atom is -0.329 e. The number of nitrogens with two attached hydrogens (primary N) is 1. The third-order valence-electron chi connectivity index (χ3n) is 2.83. The summed E-state index contributed by atoms with van der Waals surface area (Å²) in [5.74, 6) is 0.563. The first-order chi connectivity index (χ1) is 7.89. The molecular weight excluding hydrogens is 248 g/mol. The molecule has 1 unspecified atom stereocenters. The molecule has 0 radical (unpaired) electrons. The molecule has 0 saturated carbocycles. The molecule has 0 aliphatic rings. The lowest BCUT2D eigenvalue weighted by molar-refractivity contribution is 0.341. The van der Waals surface area contributed by atoms with Gasteiger partial charge in [-0.2, -0.15) is 0 Å². The Labute approximate surface area is 113 Å². The van der Waals surface area contributed by atoms with Crippen LogP contribution in [0.5, 0.6) is 0 Å². The van der Waals surface area contributed by atoms with Crippen molar-refractivity contribution in [2.75, 3.05) is 12.3 Å². The van der Waals surface area contributed by atoms with Gasteiger partial charge in [0.15, 0.2) is 0 Å². The van der Waals surface area contributed by atoms with Crippen molar-refractivity contribution in [2.45, 2.75) is 59.9 Å². The molecule has 3 N–H and O–H groups in total.